The highest BCUT2D eigenvalue weighted by molar-refractivity contribution is 4.93. The minimum Gasteiger partial charge on any atom is -0.347 e. The van der Waals surface area contributed by atoms with E-state index in [4.69, 9.17) is 0 Å². The number of imidazole rings is 1. The SMILES string of the molecule is c1ncc(CNCC2CCCN2)[nH]1. The van der Waals surface area contributed by atoms with Crippen LogP contribution < -0.4 is 10.6 Å². The molecule has 0 aliphatic carbocycles. The van der Waals surface area contributed by atoms with Crippen LogP contribution in [0.15, 0.2) is 12.5 Å². The highest BCUT2D eigenvalue weighted by atomic mass is 15.0. The van der Waals surface area contributed by atoms with Gasteiger partial charge in [0.05, 0.1) is 6.33 Å². The summed E-state index contributed by atoms with van der Waals surface area (Å²) in [5.74, 6) is 0. The molecule has 1 saturated heterocycles. The molecular formula is C9H16N4. The van der Waals surface area contributed by atoms with Gasteiger partial charge in [0.15, 0.2) is 0 Å². The van der Waals surface area contributed by atoms with Crippen molar-refractivity contribution in [3.05, 3.63) is 18.2 Å². The molecule has 0 bridgehead atoms. The Morgan fingerprint density at radius 1 is 1.62 bits per heavy atom. The molecule has 0 aromatic carbocycles. The molecule has 0 radical (unpaired) electrons. The number of aromatic nitrogens is 2. The van der Waals surface area contributed by atoms with E-state index >= 15 is 0 Å². The van der Waals surface area contributed by atoms with Gasteiger partial charge in [0.25, 0.3) is 0 Å². The van der Waals surface area contributed by atoms with Gasteiger partial charge in [0, 0.05) is 31.0 Å². The van der Waals surface area contributed by atoms with Crippen LogP contribution in [-0.2, 0) is 6.54 Å². The van der Waals surface area contributed by atoms with Crippen molar-refractivity contribution in [1.82, 2.24) is 20.6 Å². The monoisotopic (exact) mass is 180 g/mol. The van der Waals surface area contributed by atoms with Gasteiger partial charge in [-0.15, -0.1) is 0 Å². The first kappa shape index (κ1) is 8.72. The zero-order chi connectivity index (χ0) is 8.93. The summed E-state index contributed by atoms with van der Waals surface area (Å²) in [5, 5.41) is 6.84. The van der Waals surface area contributed by atoms with Gasteiger partial charge in [-0.1, -0.05) is 0 Å². The van der Waals surface area contributed by atoms with Gasteiger partial charge in [-0.25, -0.2) is 4.98 Å². The van der Waals surface area contributed by atoms with E-state index in [1.165, 1.54) is 19.4 Å². The van der Waals surface area contributed by atoms with Crippen molar-refractivity contribution in [2.24, 2.45) is 0 Å². The first-order valence-electron chi connectivity index (χ1n) is 4.86. The lowest BCUT2D eigenvalue weighted by molar-refractivity contribution is 0.533. The van der Waals surface area contributed by atoms with Crippen LogP contribution >= 0.6 is 0 Å². The average molecular weight is 180 g/mol. The van der Waals surface area contributed by atoms with Crippen LogP contribution in [0, 0.1) is 0 Å². The largest absolute Gasteiger partial charge is 0.347 e. The van der Waals surface area contributed by atoms with E-state index in [1.807, 2.05) is 6.20 Å². The summed E-state index contributed by atoms with van der Waals surface area (Å²) in [4.78, 5) is 7.03. The van der Waals surface area contributed by atoms with Gasteiger partial charge in [-0.2, -0.15) is 0 Å². The molecule has 1 unspecified atom stereocenters. The Bertz CT molecular complexity index is 226. The van der Waals surface area contributed by atoms with Crippen molar-refractivity contribution in [1.29, 1.82) is 0 Å². The van der Waals surface area contributed by atoms with Crippen LogP contribution in [0.2, 0.25) is 0 Å². The molecule has 0 saturated carbocycles. The van der Waals surface area contributed by atoms with Crippen LogP contribution in [0.4, 0.5) is 0 Å². The smallest absolute Gasteiger partial charge is 0.0922 e. The van der Waals surface area contributed by atoms with Crippen molar-refractivity contribution in [2.45, 2.75) is 25.4 Å². The lowest BCUT2D eigenvalue weighted by Gasteiger charge is -2.10. The summed E-state index contributed by atoms with van der Waals surface area (Å²) in [5.41, 5.74) is 1.15. The second-order valence-electron chi connectivity index (χ2n) is 3.50. The van der Waals surface area contributed by atoms with Crippen LogP contribution in [0.1, 0.15) is 18.5 Å². The first-order chi connectivity index (χ1) is 6.45. The van der Waals surface area contributed by atoms with Crippen LogP contribution in [0.5, 0.6) is 0 Å². The van der Waals surface area contributed by atoms with Crippen LogP contribution in [0.25, 0.3) is 0 Å². The molecule has 0 spiro atoms. The molecule has 2 heterocycles. The number of aromatic amines is 1. The van der Waals surface area contributed by atoms with Gasteiger partial charge in [0.1, 0.15) is 0 Å². The fourth-order valence-electron chi connectivity index (χ4n) is 1.69. The first-order valence-corrected chi connectivity index (χ1v) is 4.86. The topological polar surface area (TPSA) is 52.7 Å². The molecular weight excluding hydrogens is 164 g/mol. The summed E-state index contributed by atoms with van der Waals surface area (Å²) in [6, 6.07) is 0.669. The molecule has 4 heteroatoms. The molecule has 0 amide bonds. The van der Waals surface area contributed by atoms with Gasteiger partial charge >= 0.3 is 0 Å². The van der Waals surface area contributed by atoms with E-state index in [1.54, 1.807) is 6.33 Å². The molecule has 1 atom stereocenters. The number of H-pyrrole nitrogens is 1. The van der Waals surface area contributed by atoms with E-state index < -0.39 is 0 Å². The number of hydrogen-bond donors (Lipinski definition) is 3. The molecule has 1 aliphatic rings. The molecule has 3 N–H and O–H groups in total. The van der Waals surface area contributed by atoms with Crippen LogP contribution in [0.3, 0.4) is 0 Å². The Hall–Kier alpha value is -0.870. The van der Waals surface area contributed by atoms with Crippen molar-refractivity contribution >= 4 is 0 Å². The normalized spacial score (nSPS) is 22.3. The highest BCUT2D eigenvalue weighted by Gasteiger charge is 2.12. The summed E-state index contributed by atoms with van der Waals surface area (Å²) in [6.07, 6.45) is 6.19. The number of nitrogens with zero attached hydrogens (tertiary/aromatic N) is 1. The van der Waals surface area contributed by atoms with Gasteiger partial charge in [0.2, 0.25) is 0 Å². The van der Waals surface area contributed by atoms with E-state index in [0.29, 0.717) is 6.04 Å². The van der Waals surface area contributed by atoms with Crippen LogP contribution in [-0.4, -0.2) is 29.1 Å². The van der Waals surface area contributed by atoms with Gasteiger partial charge in [-0.05, 0) is 19.4 Å². The third-order valence-electron chi connectivity index (χ3n) is 2.42. The highest BCUT2D eigenvalue weighted by Crippen LogP contribution is 2.03. The predicted octanol–water partition coefficient (Wildman–Crippen LogP) is 0.251. The van der Waals surface area contributed by atoms with Crippen molar-refractivity contribution in [2.75, 3.05) is 13.1 Å². The maximum atomic E-state index is 3.96. The second kappa shape index (κ2) is 4.39. The summed E-state index contributed by atoms with van der Waals surface area (Å²) in [6.45, 7) is 3.12. The molecule has 2 rings (SSSR count). The average Bonchev–Trinajstić information content (AvgIpc) is 2.75. The standard InChI is InChI=1S/C9H16N4/c1-2-8(12-3-1)4-10-5-9-6-11-7-13-9/h6-8,10,12H,1-5H2,(H,11,13). The lowest BCUT2D eigenvalue weighted by atomic mass is 10.2. The Labute approximate surface area is 78.1 Å². The Kier molecular flexibility index (Phi) is 2.94. The minimum absolute atomic E-state index is 0.669. The molecule has 13 heavy (non-hydrogen) atoms. The Morgan fingerprint density at radius 2 is 2.62 bits per heavy atom. The minimum atomic E-state index is 0.669. The third kappa shape index (κ3) is 2.54. The molecule has 1 aromatic rings. The van der Waals surface area contributed by atoms with E-state index in [9.17, 15) is 0 Å². The predicted molar refractivity (Wildman–Crippen MR) is 51.3 cm³/mol. The fourth-order valence-corrected chi connectivity index (χ4v) is 1.69. The van der Waals surface area contributed by atoms with Crippen molar-refractivity contribution in [3.8, 4) is 0 Å². The second-order valence-corrected chi connectivity index (χ2v) is 3.50. The Morgan fingerprint density at radius 3 is 3.31 bits per heavy atom. The van der Waals surface area contributed by atoms with Crippen molar-refractivity contribution < 1.29 is 0 Å². The molecule has 1 aromatic heterocycles. The number of nitrogens with one attached hydrogen (secondary N) is 3. The van der Waals surface area contributed by atoms with E-state index in [2.05, 4.69) is 20.6 Å². The lowest BCUT2D eigenvalue weighted by Crippen LogP contribution is -2.33. The molecule has 1 fully saturated rings. The summed E-state index contributed by atoms with van der Waals surface area (Å²) < 4.78 is 0. The number of hydrogen-bond acceptors (Lipinski definition) is 3. The molecule has 1 aliphatic heterocycles. The Balaban J connectivity index is 1.63. The van der Waals surface area contributed by atoms with E-state index in [-0.39, 0.29) is 0 Å². The molecule has 72 valence electrons. The number of rotatable bonds is 4. The third-order valence-corrected chi connectivity index (χ3v) is 2.42. The van der Waals surface area contributed by atoms with Gasteiger partial charge < -0.3 is 15.6 Å². The quantitative estimate of drug-likeness (QED) is 0.622. The van der Waals surface area contributed by atoms with E-state index in [0.717, 1.165) is 18.8 Å². The maximum absolute atomic E-state index is 3.96. The van der Waals surface area contributed by atoms with Crippen molar-refractivity contribution in [3.63, 3.8) is 0 Å². The van der Waals surface area contributed by atoms with Gasteiger partial charge in [-0.3, -0.25) is 0 Å². The maximum Gasteiger partial charge on any atom is 0.0922 e. The molecule has 4 nitrogen and oxygen atoms in total. The fraction of sp³-hybridized carbons (Fsp3) is 0.667. The zero-order valence-corrected chi connectivity index (χ0v) is 7.71. The zero-order valence-electron chi connectivity index (χ0n) is 7.71. The summed E-state index contributed by atoms with van der Waals surface area (Å²) >= 11 is 0. The summed E-state index contributed by atoms with van der Waals surface area (Å²) in [7, 11) is 0.